The Morgan fingerprint density at radius 3 is 2.54 bits per heavy atom. The van der Waals surface area contributed by atoms with Gasteiger partial charge in [0.05, 0.1) is 7.11 Å². The highest BCUT2D eigenvalue weighted by atomic mass is 16.5. The number of nitrogens with zero attached hydrogens (tertiary/aromatic N) is 5. The van der Waals surface area contributed by atoms with Gasteiger partial charge in [0.1, 0.15) is 11.5 Å². The minimum atomic E-state index is 0.574. The molecule has 0 bridgehead atoms. The number of hydrogen-bond donors (Lipinski definition) is 0. The number of aromatic nitrogens is 5. The molecule has 6 nitrogen and oxygen atoms in total. The van der Waals surface area contributed by atoms with Crippen molar-refractivity contribution in [3.8, 4) is 34.2 Å². The maximum atomic E-state index is 5.38. The van der Waals surface area contributed by atoms with E-state index in [0.29, 0.717) is 11.7 Å². The lowest BCUT2D eigenvalue weighted by atomic mass is 10.1. The summed E-state index contributed by atoms with van der Waals surface area (Å²) in [5.74, 6) is 2.07. The zero-order chi connectivity index (χ0) is 17.9. The molecule has 0 atom stereocenters. The number of rotatable bonds is 4. The van der Waals surface area contributed by atoms with Gasteiger partial charge < -0.3 is 4.74 Å². The van der Waals surface area contributed by atoms with Gasteiger partial charge >= 0.3 is 0 Å². The highest BCUT2D eigenvalue weighted by molar-refractivity contribution is 5.72. The molecule has 0 aliphatic rings. The summed E-state index contributed by atoms with van der Waals surface area (Å²) in [6.45, 7) is 1.93. The largest absolute Gasteiger partial charge is 0.481 e. The number of ether oxygens (including phenoxy) is 1. The van der Waals surface area contributed by atoms with E-state index < -0.39 is 0 Å². The quantitative estimate of drug-likeness (QED) is 0.565. The first-order chi connectivity index (χ1) is 12.8. The van der Waals surface area contributed by atoms with Gasteiger partial charge in [0, 0.05) is 23.6 Å². The van der Waals surface area contributed by atoms with Gasteiger partial charge in [0.15, 0.2) is 5.82 Å². The third-order valence-corrected chi connectivity index (χ3v) is 4.10. The lowest BCUT2D eigenvalue weighted by Gasteiger charge is -2.10. The summed E-state index contributed by atoms with van der Waals surface area (Å²) >= 11 is 0. The Balaban J connectivity index is 1.84. The van der Waals surface area contributed by atoms with Crippen LogP contribution in [0.3, 0.4) is 0 Å². The van der Waals surface area contributed by atoms with Gasteiger partial charge in [0.2, 0.25) is 5.88 Å². The summed E-state index contributed by atoms with van der Waals surface area (Å²) in [5.41, 5.74) is 3.59. The number of hydrogen-bond acceptors (Lipinski definition) is 5. The third kappa shape index (κ3) is 2.82. The van der Waals surface area contributed by atoms with Gasteiger partial charge in [-0.2, -0.15) is 0 Å². The summed E-state index contributed by atoms with van der Waals surface area (Å²) in [6.07, 6.45) is 3.47. The second kappa shape index (κ2) is 6.76. The van der Waals surface area contributed by atoms with Crippen LogP contribution in [-0.2, 0) is 0 Å². The molecule has 0 fully saturated rings. The van der Waals surface area contributed by atoms with Crippen LogP contribution in [-0.4, -0.2) is 31.8 Å². The number of aryl methyl sites for hydroxylation is 1. The van der Waals surface area contributed by atoms with Crippen molar-refractivity contribution in [3.63, 3.8) is 0 Å². The first kappa shape index (κ1) is 16.0. The van der Waals surface area contributed by atoms with Crippen LogP contribution in [0.15, 0.2) is 67.0 Å². The molecule has 0 aliphatic carbocycles. The molecule has 3 heterocycles. The van der Waals surface area contributed by atoms with E-state index in [4.69, 9.17) is 4.74 Å². The normalized spacial score (nSPS) is 10.7. The molecule has 0 spiro atoms. The highest BCUT2D eigenvalue weighted by Crippen LogP contribution is 2.30. The SMILES string of the molecule is COc1ncccc1-c1ccnc(-c2nnc(C)n2-c2ccccc2)c1. The molecule has 4 rings (SSSR count). The summed E-state index contributed by atoms with van der Waals surface area (Å²) in [6, 6.07) is 17.8. The van der Waals surface area contributed by atoms with E-state index in [1.165, 1.54) is 0 Å². The van der Waals surface area contributed by atoms with Gasteiger partial charge in [-0.05, 0) is 48.9 Å². The van der Waals surface area contributed by atoms with Gasteiger partial charge in [-0.25, -0.2) is 4.98 Å². The number of para-hydroxylation sites is 1. The van der Waals surface area contributed by atoms with E-state index >= 15 is 0 Å². The molecule has 0 radical (unpaired) electrons. The van der Waals surface area contributed by atoms with Crippen LogP contribution in [0.5, 0.6) is 5.88 Å². The van der Waals surface area contributed by atoms with E-state index in [0.717, 1.165) is 28.3 Å². The van der Waals surface area contributed by atoms with E-state index in [-0.39, 0.29) is 0 Å². The van der Waals surface area contributed by atoms with Gasteiger partial charge in [-0.1, -0.05) is 18.2 Å². The van der Waals surface area contributed by atoms with Gasteiger partial charge in [0.25, 0.3) is 0 Å². The molecule has 128 valence electrons. The molecule has 3 aromatic heterocycles. The van der Waals surface area contributed by atoms with Crippen molar-refractivity contribution < 1.29 is 4.74 Å². The molecule has 0 saturated heterocycles. The van der Waals surface area contributed by atoms with Gasteiger partial charge in [-0.3, -0.25) is 9.55 Å². The lowest BCUT2D eigenvalue weighted by Crippen LogP contribution is -2.01. The standard InChI is InChI=1S/C20H17N5O/c1-14-23-24-19(25(14)16-7-4-3-5-8-16)18-13-15(10-12-21-18)17-9-6-11-22-20(17)26-2/h3-13H,1-2H3. The van der Waals surface area contributed by atoms with Crippen LogP contribution in [0.2, 0.25) is 0 Å². The van der Waals surface area contributed by atoms with Crippen LogP contribution >= 0.6 is 0 Å². The minimum absolute atomic E-state index is 0.574. The zero-order valence-electron chi connectivity index (χ0n) is 14.5. The van der Waals surface area contributed by atoms with E-state index in [2.05, 4.69) is 20.2 Å². The van der Waals surface area contributed by atoms with Crippen LogP contribution in [0.1, 0.15) is 5.82 Å². The fourth-order valence-corrected chi connectivity index (χ4v) is 2.91. The van der Waals surface area contributed by atoms with Crippen molar-refractivity contribution in [3.05, 3.63) is 72.8 Å². The summed E-state index contributed by atoms with van der Waals surface area (Å²) in [5, 5.41) is 8.58. The topological polar surface area (TPSA) is 65.7 Å². The van der Waals surface area contributed by atoms with E-state index in [1.807, 2.05) is 66.1 Å². The average Bonchev–Trinajstić information content (AvgIpc) is 3.10. The van der Waals surface area contributed by atoms with Crippen molar-refractivity contribution in [2.75, 3.05) is 7.11 Å². The van der Waals surface area contributed by atoms with Crippen LogP contribution in [0.25, 0.3) is 28.3 Å². The number of benzene rings is 1. The molecule has 0 amide bonds. The molecule has 0 saturated carbocycles. The highest BCUT2D eigenvalue weighted by Gasteiger charge is 2.15. The first-order valence-electron chi connectivity index (χ1n) is 8.21. The second-order valence-electron chi connectivity index (χ2n) is 5.73. The first-order valence-corrected chi connectivity index (χ1v) is 8.21. The van der Waals surface area contributed by atoms with Crippen molar-refractivity contribution in [1.82, 2.24) is 24.7 Å². The number of pyridine rings is 2. The van der Waals surface area contributed by atoms with E-state index in [1.54, 1.807) is 19.5 Å². The van der Waals surface area contributed by atoms with Crippen LogP contribution in [0.4, 0.5) is 0 Å². The van der Waals surface area contributed by atoms with Crippen LogP contribution < -0.4 is 4.74 Å². The molecular weight excluding hydrogens is 326 g/mol. The molecule has 6 heteroatoms. The molecule has 26 heavy (non-hydrogen) atoms. The fraction of sp³-hybridized carbons (Fsp3) is 0.100. The molecule has 4 aromatic rings. The number of methoxy groups -OCH3 is 1. The maximum absolute atomic E-state index is 5.38. The van der Waals surface area contributed by atoms with Gasteiger partial charge in [-0.15, -0.1) is 10.2 Å². The Kier molecular flexibility index (Phi) is 4.15. The lowest BCUT2D eigenvalue weighted by molar-refractivity contribution is 0.399. The average molecular weight is 343 g/mol. The summed E-state index contributed by atoms with van der Waals surface area (Å²) in [4.78, 5) is 8.77. The Hall–Kier alpha value is -3.54. The van der Waals surface area contributed by atoms with Crippen LogP contribution in [0, 0.1) is 6.92 Å². The molecule has 0 unspecified atom stereocenters. The third-order valence-electron chi connectivity index (χ3n) is 4.10. The van der Waals surface area contributed by atoms with Crippen molar-refractivity contribution >= 4 is 0 Å². The molecule has 0 N–H and O–H groups in total. The van der Waals surface area contributed by atoms with Crippen molar-refractivity contribution in [1.29, 1.82) is 0 Å². The van der Waals surface area contributed by atoms with Crippen molar-refractivity contribution in [2.45, 2.75) is 6.92 Å². The summed E-state index contributed by atoms with van der Waals surface area (Å²) < 4.78 is 7.37. The van der Waals surface area contributed by atoms with Crippen molar-refractivity contribution in [2.24, 2.45) is 0 Å². The maximum Gasteiger partial charge on any atom is 0.221 e. The summed E-state index contributed by atoms with van der Waals surface area (Å²) in [7, 11) is 1.61. The Morgan fingerprint density at radius 1 is 0.885 bits per heavy atom. The zero-order valence-corrected chi connectivity index (χ0v) is 14.5. The smallest absolute Gasteiger partial charge is 0.221 e. The predicted octanol–water partition coefficient (Wildman–Crippen LogP) is 3.71. The minimum Gasteiger partial charge on any atom is -0.481 e. The fourth-order valence-electron chi connectivity index (χ4n) is 2.91. The monoisotopic (exact) mass is 343 g/mol. The molecular formula is C20H17N5O. The molecule has 0 aliphatic heterocycles. The second-order valence-corrected chi connectivity index (χ2v) is 5.73. The molecule has 1 aromatic carbocycles. The predicted molar refractivity (Wildman–Crippen MR) is 99.1 cm³/mol. The van der Waals surface area contributed by atoms with E-state index in [9.17, 15) is 0 Å². The Bertz CT molecular complexity index is 1040. The Morgan fingerprint density at radius 2 is 1.73 bits per heavy atom. The Labute approximate surface area is 151 Å².